The van der Waals surface area contributed by atoms with Gasteiger partial charge in [0.05, 0.1) is 0 Å². The molecule has 0 aliphatic rings. The maximum absolute atomic E-state index is 12.0. The van der Waals surface area contributed by atoms with Crippen LogP contribution in [-0.2, 0) is 6.42 Å². The van der Waals surface area contributed by atoms with E-state index in [1.165, 1.54) is 5.56 Å². The summed E-state index contributed by atoms with van der Waals surface area (Å²) in [5.74, 6) is -0.0456. The highest BCUT2D eigenvalue weighted by atomic mass is 79.9. The number of aromatic nitrogens is 1. The van der Waals surface area contributed by atoms with E-state index in [-0.39, 0.29) is 11.9 Å². The summed E-state index contributed by atoms with van der Waals surface area (Å²) in [4.78, 5) is 15.9. The fourth-order valence-electron chi connectivity index (χ4n) is 1.92. The zero-order valence-corrected chi connectivity index (χ0v) is 12.9. The lowest BCUT2D eigenvalue weighted by molar-refractivity contribution is 0.0938. The average Bonchev–Trinajstić information content (AvgIpc) is 2.47. The summed E-state index contributed by atoms with van der Waals surface area (Å²) in [6.07, 6.45) is 5.12. The van der Waals surface area contributed by atoms with E-state index in [1.54, 1.807) is 24.5 Å². The molecule has 0 fully saturated rings. The third kappa shape index (κ3) is 4.46. The van der Waals surface area contributed by atoms with Gasteiger partial charge in [-0.05, 0) is 49.6 Å². The summed E-state index contributed by atoms with van der Waals surface area (Å²) in [6, 6.07) is 11.8. The van der Waals surface area contributed by atoms with E-state index >= 15 is 0 Å². The van der Waals surface area contributed by atoms with Crippen molar-refractivity contribution in [3.05, 3.63) is 64.4 Å². The Morgan fingerprint density at radius 3 is 2.50 bits per heavy atom. The molecule has 1 unspecified atom stereocenters. The molecule has 2 aromatic rings. The van der Waals surface area contributed by atoms with Crippen molar-refractivity contribution in [2.45, 2.75) is 25.8 Å². The maximum atomic E-state index is 12.0. The van der Waals surface area contributed by atoms with Crippen molar-refractivity contribution in [3.63, 3.8) is 0 Å². The van der Waals surface area contributed by atoms with Gasteiger partial charge in [-0.25, -0.2) is 0 Å². The number of carbonyl (C=O) groups excluding carboxylic acids is 1. The predicted molar refractivity (Wildman–Crippen MR) is 83.6 cm³/mol. The van der Waals surface area contributed by atoms with Crippen molar-refractivity contribution in [1.29, 1.82) is 0 Å². The van der Waals surface area contributed by atoms with Crippen LogP contribution in [0.25, 0.3) is 0 Å². The molecule has 0 radical (unpaired) electrons. The number of carbonyl (C=O) groups is 1. The molecule has 0 saturated carbocycles. The van der Waals surface area contributed by atoms with Crippen molar-refractivity contribution in [2.24, 2.45) is 0 Å². The monoisotopic (exact) mass is 332 g/mol. The van der Waals surface area contributed by atoms with Gasteiger partial charge in [0.1, 0.15) is 0 Å². The van der Waals surface area contributed by atoms with E-state index in [2.05, 4.69) is 38.4 Å². The second kappa shape index (κ2) is 7.20. The molecule has 104 valence electrons. The SMILES string of the molecule is CC(CCc1ccc(Br)cc1)NC(=O)c1ccncc1. The Bertz CT molecular complexity index is 554. The Morgan fingerprint density at radius 2 is 1.85 bits per heavy atom. The van der Waals surface area contributed by atoms with Crippen LogP contribution in [0.15, 0.2) is 53.3 Å². The molecule has 1 heterocycles. The topological polar surface area (TPSA) is 42.0 Å². The highest BCUT2D eigenvalue weighted by Gasteiger charge is 2.09. The number of rotatable bonds is 5. The summed E-state index contributed by atoms with van der Waals surface area (Å²) in [6.45, 7) is 2.03. The van der Waals surface area contributed by atoms with Gasteiger partial charge in [-0.1, -0.05) is 28.1 Å². The molecule has 20 heavy (non-hydrogen) atoms. The molecule has 3 nitrogen and oxygen atoms in total. The van der Waals surface area contributed by atoms with Crippen LogP contribution < -0.4 is 5.32 Å². The van der Waals surface area contributed by atoms with Crippen LogP contribution in [0.4, 0.5) is 0 Å². The molecular weight excluding hydrogens is 316 g/mol. The number of aryl methyl sites for hydroxylation is 1. The normalized spacial score (nSPS) is 11.9. The molecule has 1 atom stereocenters. The predicted octanol–water partition coefficient (Wildman–Crippen LogP) is 3.60. The Morgan fingerprint density at radius 1 is 1.20 bits per heavy atom. The average molecular weight is 333 g/mol. The molecule has 4 heteroatoms. The molecule has 0 aliphatic heterocycles. The molecule has 1 amide bonds. The number of amides is 1. The van der Waals surface area contributed by atoms with Gasteiger partial charge in [0, 0.05) is 28.5 Å². The second-order valence-electron chi connectivity index (χ2n) is 4.78. The minimum Gasteiger partial charge on any atom is -0.350 e. The van der Waals surface area contributed by atoms with E-state index in [0.717, 1.165) is 17.3 Å². The van der Waals surface area contributed by atoms with Crippen molar-refractivity contribution in [2.75, 3.05) is 0 Å². The molecule has 0 bridgehead atoms. The molecule has 1 aromatic heterocycles. The molecule has 2 rings (SSSR count). The zero-order valence-electron chi connectivity index (χ0n) is 11.3. The quantitative estimate of drug-likeness (QED) is 0.908. The van der Waals surface area contributed by atoms with Gasteiger partial charge in [-0.3, -0.25) is 9.78 Å². The van der Waals surface area contributed by atoms with Crippen LogP contribution in [0.1, 0.15) is 29.3 Å². The van der Waals surface area contributed by atoms with Crippen molar-refractivity contribution in [1.82, 2.24) is 10.3 Å². The molecule has 1 N–H and O–H groups in total. The number of halogens is 1. The van der Waals surface area contributed by atoms with Gasteiger partial charge in [0.2, 0.25) is 0 Å². The van der Waals surface area contributed by atoms with Crippen LogP contribution in [0.5, 0.6) is 0 Å². The lowest BCUT2D eigenvalue weighted by atomic mass is 10.1. The number of hydrogen-bond donors (Lipinski definition) is 1. The van der Waals surface area contributed by atoms with E-state index < -0.39 is 0 Å². The molecule has 1 aromatic carbocycles. The minimum absolute atomic E-state index is 0.0456. The number of nitrogens with one attached hydrogen (secondary N) is 1. The lowest BCUT2D eigenvalue weighted by Gasteiger charge is -2.14. The third-order valence-electron chi connectivity index (χ3n) is 3.10. The molecular formula is C16H17BrN2O. The van der Waals surface area contributed by atoms with Crippen molar-refractivity contribution >= 4 is 21.8 Å². The Labute approximate surface area is 127 Å². The molecule has 0 saturated heterocycles. The van der Waals surface area contributed by atoms with Crippen molar-refractivity contribution < 1.29 is 4.79 Å². The van der Waals surface area contributed by atoms with Gasteiger partial charge in [-0.15, -0.1) is 0 Å². The summed E-state index contributed by atoms with van der Waals surface area (Å²) in [5.41, 5.74) is 1.92. The van der Waals surface area contributed by atoms with Gasteiger partial charge in [-0.2, -0.15) is 0 Å². The maximum Gasteiger partial charge on any atom is 0.251 e. The summed E-state index contributed by atoms with van der Waals surface area (Å²) in [5, 5.41) is 3.00. The first-order valence-corrected chi connectivity index (χ1v) is 7.40. The second-order valence-corrected chi connectivity index (χ2v) is 5.69. The largest absolute Gasteiger partial charge is 0.350 e. The van der Waals surface area contributed by atoms with E-state index in [4.69, 9.17) is 0 Å². The van der Waals surface area contributed by atoms with E-state index in [0.29, 0.717) is 5.56 Å². The smallest absolute Gasteiger partial charge is 0.251 e. The summed E-state index contributed by atoms with van der Waals surface area (Å²) >= 11 is 3.42. The lowest BCUT2D eigenvalue weighted by Crippen LogP contribution is -2.32. The van der Waals surface area contributed by atoms with Crippen molar-refractivity contribution in [3.8, 4) is 0 Å². The first-order chi connectivity index (χ1) is 9.65. The molecule has 0 aliphatic carbocycles. The number of nitrogens with zero attached hydrogens (tertiary/aromatic N) is 1. The van der Waals surface area contributed by atoms with Crippen LogP contribution in [-0.4, -0.2) is 16.9 Å². The Balaban J connectivity index is 1.82. The molecule has 0 spiro atoms. The Kier molecular flexibility index (Phi) is 5.30. The van der Waals surface area contributed by atoms with Crippen LogP contribution in [0.3, 0.4) is 0 Å². The summed E-state index contributed by atoms with van der Waals surface area (Å²) in [7, 11) is 0. The van der Waals surface area contributed by atoms with Gasteiger partial charge < -0.3 is 5.32 Å². The number of pyridine rings is 1. The van der Waals surface area contributed by atoms with Gasteiger partial charge in [0.25, 0.3) is 5.91 Å². The first kappa shape index (κ1) is 14.7. The van der Waals surface area contributed by atoms with Crippen LogP contribution in [0.2, 0.25) is 0 Å². The van der Waals surface area contributed by atoms with E-state index in [9.17, 15) is 4.79 Å². The highest BCUT2D eigenvalue weighted by Crippen LogP contribution is 2.12. The zero-order chi connectivity index (χ0) is 14.4. The standard InChI is InChI=1S/C16H17BrN2O/c1-12(2-3-13-4-6-15(17)7-5-13)19-16(20)14-8-10-18-11-9-14/h4-12H,2-3H2,1H3,(H,19,20). The van der Waals surface area contributed by atoms with Crippen LogP contribution >= 0.6 is 15.9 Å². The minimum atomic E-state index is -0.0456. The third-order valence-corrected chi connectivity index (χ3v) is 3.63. The van der Waals surface area contributed by atoms with Crippen LogP contribution in [0, 0.1) is 0 Å². The highest BCUT2D eigenvalue weighted by molar-refractivity contribution is 9.10. The Hall–Kier alpha value is -1.68. The fourth-order valence-corrected chi connectivity index (χ4v) is 2.18. The number of hydrogen-bond acceptors (Lipinski definition) is 2. The number of benzene rings is 1. The summed E-state index contributed by atoms with van der Waals surface area (Å²) < 4.78 is 1.08. The van der Waals surface area contributed by atoms with Gasteiger partial charge in [0.15, 0.2) is 0 Å². The fraction of sp³-hybridized carbons (Fsp3) is 0.250. The first-order valence-electron chi connectivity index (χ1n) is 6.60. The van der Waals surface area contributed by atoms with E-state index in [1.807, 2.05) is 19.1 Å². The van der Waals surface area contributed by atoms with Gasteiger partial charge >= 0.3 is 0 Å².